The van der Waals surface area contributed by atoms with Gasteiger partial charge in [0.15, 0.2) is 15.5 Å². The van der Waals surface area contributed by atoms with Gasteiger partial charge in [-0.1, -0.05) is 6.07 Å². The fraction of sp³-hybridized carbons (Fsp3) is 0.421. The molecule has 0 N–H and O–H groups in total. The largest absolute Gasteiger partial charge is 0.465 e. The third-order valence-electron chi connectivity index (χ3n) is 5.39. The number of sulfone groups is 1. The lowest BCUT2D eigenvalue weighted by Gasteiger charge is -2.11. The molecule has 0 bridgehead atoms. The Hall–Kier alpha value is -2.26. The number of rotatable bonds is 4. The van der Waals surface area contributed by atoms with Crippen molar-refractivity contribution in [1.82, 2.24) is 14.8 Å². The Balaban J connectivity index is 1.80. The molecule has 1 atom stereocenters. The maximum atomic E-state index is 12.6. The molecule has 5 rings (SSSR count). The number of pyridine rings is 1. The normalized spacial score (nSPS) is 21.2. The summed E-state index contributed by atoms with van der Waals surface area (Å²) in [6.45, 7) is 0. The van der Waals surface area contributed by atoms with E-state index in [1.807, 2.05) is 23.6 Å². The molecule has 1 aliphatic carbocycles. The van der Waals surface area contributed by atoms with E-state index in [2.05, 4.69) is 0 Å². The highest BCUT2D eigenvalue weighted by molar-refractivity contribution is 7.91. The molecule has 3 aromatic rings. The maximum absolute atomic E-state index is 12.6. The first-order valence-corrected chi connectivity index (χ1v) is 11.9. The van der Waals surface area contributed by atoms with Gasteiger partial charge in [-0.2, -0.15) is 5.10 Å². The second-order valence-electron chi connectivity index (χ2n) is 7.39. The number of hydrogen-bond donors (Lipinski definition) is 0. The van der Waals surface area contributed by atoms with Crippen LogP contribution in [0.4, 0.5) is 0 Å². The highest BCUT2D eigenvalue weighted by atomic mass is 32.2. The standard InChI is InChI=1S/C19H19N3O4S2/c1-26-19(23)13-9-14(11-4-5-11)20-18-16(13)17(15-3-2-7-27-15)21-22(18)12-6-8-28(24,25)10-12/h2-3,7,9,11-12H,4-6,8,10H2,1H3/t12-/m0/s1. The molecule has 0 unspecified atom stereocenters. The zero-order chi connectivity index (χ0) is 19.5. The molecule has 1 aliphatic heterocycles. The lowest BCUT2D eigenvalue weighted by atomic mass is 10.1. The molecule has 2 aliphatic rings. The van der Waals surface area contributed by atoms with Crippen LogP contribution in [0, 0.1) is 0 Å². The van der Waals surface area contributed by atoms with Gasteiger partial charge in [0.05, 0.1) is 40.5 Å². The molecule has 7 nitrogen and oxygen atoms in total. The highest BCUT2D eigenvalue weighted by Gasteiger charge is 2.35. The van der Waals surface area contributed by atoms with Crippen LogP contribution in [0.25, 0.3) is 21.6 Å². The summed E-state index contributed by atoms with van der Waals surface area (Å²) in [6, 6.07) is 5.42. The number of aromatic nitrogens is 3. The van der Waals surface area contributed by atoms with Crippen LogP contribution in [0.15, 0.2) is 23.6 Å². The molecule has 28 heavy (non-hydrogen) atoms. The topological polar surface area (TPSA) is 91.2 Å². The Kier molecular flexibility index (Phi) is 4.06. The quantitative estimate of drug-likeness (QED) is 0.606. The van der Waals surface area contributed by atoms with Gasteiger partial charge >= 0.3 is 5.97 Å². The molecule has 4 heterocycles. The lowest BCUT2D eigenvalue weighted by Crippen LogP contribution is -2.13. The van der Waals surface area contributed by atoms with E-state index in [1.165, 1.54) is 18.4 Å². The highest BCUT2D eigenvalue weighted by Crippen LogP contribution is 2.42. The molecule has 2 fully saturated rings. The Morgan fingerprint density at radius 3 is 2.75 bits per heavy atom. The van der Waals surface area contributed by atoms with Crippen molar-refractivity contribution in [1.29, 1.82) is 0 Å². The van der Waals surface area contributed by atoms with Crippen LogP contribution < -0.4 is 0 Å². The van der Waals surface area contributed by atoms with Crippen molar-refractivity contribution >= 4 is 38.2 Å². The average molecular weight is 418 g/mol. The minimum Gasteiger partial charge on any atom is -0.465 e. The minimum absolute atomic E-state index is 0.0521. The zero-order valence-corrected chi connectivity index (χ0v) is 16.9. The Labute approximate surface area is 166 Å². The van der Waals surface area contributed by atoms with Gasteiger partial charge in [0.25, 0.3) is 0 Å². The van der Waals surface area contributed by atoms with Gasteiger partial charge in [0.1, 0.15) is 5.69 Å². The summed E-state index contributed by atoms with van der Waals surface area (Å²) in [5.41, 5.74) is 2.54. The summed E-state index contributed by atoms with van der Waals surface area (Å²) in [4.78, 5) is 18.4. The second kappa shape index (κ2) is 6.38. The van der Waals surface area contributed by atoms with Gasteiger partial charge in [-0.15, -0.1) is 11.3 Å². The molecule has 3 aromatic heterocycles. The number of fused-ring (bicyclic) bond motifs is 1. The van der Waals surface area contributed by atoms with Crippen molar-refractivity contribution in [3.63, 3.8) is 0 Å². The number of hydrogen-bond acceptors (Lipinski definition) is 7. The summed E-state index contributed by atoms with van der Waals surface area (Å²) >= 11 is 1.52. The van der Waals surface area contributed by atoms with E-state index in [1.54, 1.807) is 4.68 Å². The summed E-state index contributed by atoms with van der Waals surface area (Å²) in [6.07, 6.45) is 2.59. The monoisotopic (exact) mass is 417 g/mol. The molecule has 1 saturated heterocycles. The molecule has 9 heteroatoms. The third kappa shape index (κ3) is 2.93. The number of carbonyl (C=O) groups excluding carboxylic acids is 1. The van der Waals surface area contributed by atoms with Crippen molar-refractivity contribution in [2.45, 2.75) is 31.2 Å². The van der Waals surface area contributed by atoms with Crippen LogP contribution in [0.2, 0.25) is 0 Å². The Bertz CT molecular complexity index is 1180. The predicted octanol–water partition coefficient (Wildman–Crippen LogP) is 3.18. The first kappa shape index (κ1) is 17.8. The Morgan fingerprint density at radius 2 is 2.14 bits per heavy atom. The van der Waals surface area contributed by atoms with Crippen molar-refractivity contribution < 1.29 is 17.9 Å². The lowest BCUT2D eigenvalue weighted by molar-refractivity contribution is 0.0602. The molecular formula is C19H19N3O4S2. The first-order valence-electron chi connectivity index (χ1n) is 9.22. The number of methoxy groups -OCH3 is 1. The summed E-state index contributed by atoms with van der Waals surface area (Å²) < 4.78 is 30.9. The number of ether oxygens (including phenoxy) is 1. The van der Waals surface area contributed by atoms with Crippen molar-refractivity contribution in [2.24, 2.45) is 0 Å². The van der Waals surface area contributed by atoms with E-state index >= 15 is 0 Å². The molecule has 0 amide bonds. The van der Waals surface area contributed by atoms with Crippen LogP contribution in [0.3, 0.4) is 0 Å². The second-order valence-corrected chi connectivity index (χ2v) is 10.6. The molecule has 146 valence electrons. The van der Waals surface area contributed by atoms with E-state index in [0.717, 1.165) is 23.4 Å². The molecular weight excluding hydrogens is 398 g/mol. The maximum Gasteiger partial charge on any atom is 0.338 e. The fourth-order valence-electron chi connectivity index (χ4n) is 3.82. The van der Waals surface area contributed by atoms with Gasteiger partial charge in [-0.3, -0.25) is 0 Å². The average Bonchev–Trinajstić information content (AvgIpc) is 3.09. The van der Waals surface area contributed by atoms with Gasteiger partial charge in [0.2, 0.25) is 0 Å². The summed E-state index contributed by atoms with van der Waals surface area (Å²) in [7, 11) is -1.71. The van der Waals surface area contributed by atoms with Crippen LogP contribution in [0.1, 0.15) is 47.3 Å². The Morgan fingerprint density at radius 1 is 1.32 bits per heavy atom. The minimum atomic E-state index is -3.08. The van der Waals surface area contributed by atoms with E-state index in [9.17, 15) is 13.2 Å². The van der Waals surface area contributed by atoms with Gasteiger partial charge in [-0.05, 0) is 36.8 Å². The zero-order valence-electron chi connectivity index (χ0n) is 15.3. The molecule has 0 radical (unpaired) electrons. The van der Waals surface area contributed by atoms with Crippen LogP contribution >= 0.6 is 11.3 Å². The van der Waals surface area contributed by atoms with Gasteiger partial charge in [0, 0.05) is 11.6 Å². The van der Waals surface area contributed by atoms with E-state index < -0.39 is 15.8 Å². The molecule has 1 saturated carbocycles. The van der Waals surface area contributed by atoms with Gasteiger partial charge < -0.3 is 4.74 Å². The molecule has 0 aromatic carbocycles. The van der Waals surface area contributed by atoms with Crippen molar-refractivity contribution in [2.75, 3.05) is 18.6 Å². The van der Waals surface area contributed by atoms with Crippen LogP contribution in [-0.2, 0) is 14.6 Å². The van der Waals surface area contributed by atoms with Gasteiger partial charge in [-0.25, -0.2) is 22.9 Å². The number of thiophene rings is 1. The van der Waals surface area contributed by atoms with Crippen molar-refractivity contribution in [3.8, 4) is 10.6 Å². The summed E-state index contributed by atoms with van der Waals surface area (Å²) in [5, 5.41) is 7.36. The smallest absolute Gasteiger partial charge is 0.338 e. The predicted molar refractivity (Wildman–Crippen MR) is 106 cm³/mol. The van der Waals surface area contributed by atoms with E-state index in [-0.39, 0.29) is 17.5 Å². The number of nitrogens with zero attached hydrogens (tertiary/aromatic N) is 3. The first-order chi connectivity index (χ1) is 13.5. The summed E-state index contributed by atoms with van der Waals surface area (Å²) in [5.74, 6) is 0.121. The number of esters is 1. The molecule has 0 spiro atoms. The third-order valence-corrected chi connectivity index (χ3v) is 8.02. The number of carbonyl (C=O) groups is 1. The van der Waals surface area contributed by atoms with Crippen LogP contribution in [-0.4, -0.2) is 47.8 Å². The van der Waals surface area contributed by atoms with E-state index in [0.29, 0.717) is 34.6 Å². The van der Waals surface area contributed by atoms with Crippen molar-refractivity contribution in [3.05, 3.63) is 34.8 Å². The van der Waals surface area contributed by atoms with E-state index in [4.69, 9.17) is 14.8 Å². The SMILES string of the molecule is COC(=O)c1cc(C2CC2)nc2c1c(-c1cccs1)nn2[C@H]1CCS(=O)(=O)C1. The fourth-order valence-corrected chi connectivity index (χ4v) is 6.23. The van der Waals surface area contributed by atoms with Crippen LogP contribution in [0.5, 0.6) is 0 Å².